The van der Waals surface area contributed by atoms with E-state index in [1.165, 1.54) is 4.88 Å². The van der Waals surface area contributed by atoms with Crippen LogP contribution in [0.1, 0.15) is 4.88 Å². The zero-order valence-electron chi connectivity index (χ0n) is 11.5. The molecule has 0 aliphatic heterocycles. The minimum Gasteiger partial charge on any atom is -0.336 e. The fraction of sp³-hybridized carbons (Fsp3) is 0.0588. The number of imidazole rings is 1. The lowest BCUT2D eigenvalue weighted by Gasteiger charge is -1.99. The molecule has 0 aliphatic carbocycles. The Morgan fingerprint density at radius 2 is 1.86 bits per heavy atom. The van der Waals surface area contributed by atoms with Gasteiger partial charge < -0.3 is 4.98 Å². The number of hydrogen-bond acceptors (Lipinski definition) is 3. The van der Waals surface area contributed by atoms with E-state index in [1.807, 2.05) is 24.4 Å². The summed E-state index contributed by atoms with van der Waals surface area (Å²) in [6.07, 6.45) is 1.88. The van der Waals surface area contributed by atoms with Crippen molar-refractivity contribution in [3.05, 3.63) is 59.6 Å². The molecule has 21 heavy (non-hydrogen) atoms. The molecule has 1 aromatic carbocycles. The third-order valence-electron chi connectivity index (χ3n) is 3.42. The Kier molecular flexibility index (Phi) is 2.82. The van der Waals surface area contributed by atoms with Crippen LogP contribution in [0.3, 0.4) is 0 Å². The van der Waals surface area contributed by atoms with Crippen molar-refractivity contribution in [3.8, 4) is 21.8 Å². The maximum atomic E-state index is 4.57. The number of aryl methyl sites for hydroxylation is 1. The number of hydrogen-bond donors (Lipinski definition) is 1. The van der Waals surface area contributed by atoms with Gasteiger partial charge in [0, 0.05) is 16.6 Å². The van der Waals surface area contributed by atoms with Gasteiger partial charge in [-0.25, -0.2) is 9.97 Å². The standard InChI is InChI=1S/C17H13N3S/c1-11-7-8-15(21-11)17-19-14-9-13(10-18-16(14)20-17)12-5-3-2-4-6-12/h2-10H,1H3,(H,18,19,20). The summed E-state index contributed by atoms with van der Waals surface area (Å²) in [6.45, 7) is 2.10. The van der Waals surface area contributed by atoms with Crippen molar-refractivity contribution in [2.75, 3.05) is 0 Å². The van der Waals surface area contributed by atoms with E-state index in [4.69, 9.17) is 0 Å². The van der Waals surface area contributed by atoms with E-state index >= 15 is 0 Å². The van der Waals surface area contributed by atoms with Crippen LogP contribution < -0.4 is 0 Å². The molecule has 0 bridgehead atoms. The summed E-state index contributed by atoms with van der Waals surface area (Å²) in [4.78, 5) is 14.8. The largest absolute Gasteiger partial charge is 0.336 e. The third kappa shape index (κ3) is 2.23. The highest BCUT2D eigenvalue weighted by atomic mass is 32.1. The summed E-state index contributed by atoms with van der Waals surface area (Å²) in [5.41, 5.74) is 3.99. The van der Waals surface area contributed by atoms with Gasteiger partial charge in [0.2, 0.25) is 0 Å². The summed E-state index contributed by atoms with van der Waals surface area (Å²) in [7, 11) is 0. The average Bonchev–Trinajstić information content (AvgIpc) is 3.13. The molecule has 102 valence electrons. The predicted molar refractivity (Wildman–Crippen MR) is 87.4 cm³/mol. The Bertz CT molecular complexity index is 906. The van der Waals surface area contributed by atoms with E-state index in [0.717, 1.165) is 33.0 Å². The first kappa shape index (κ1) is 12.3. The SMILES string of the molecule is Cc1ccc(-c2nc3ncc(-c4ccccc4)cc3[nH]2)s1. The lowest BCUT2D eigenvalue weighted by molar-refractivity contribution is 1.31. The van der Waals surface area contributed by atoms with Gasteiger partial charge >= 0.3 is 0 Å². The van der Waals surface area contributed by atoms with Crippen molar-refractivity contribution in [1.29, 1.82) is 0 Å². The molecule has 0 saturated heterocycles. The van der Waals surface area contributed by atoms with E-state index in [-0.39, 0.29) is 0 Å². The van der Waals surface area contributed by atoms with Crippen LogP contribution >= 0.6 is 11.3 Å². The molecule has 1 N–H and O–H groups in total. The van der Waals surface area contributed by atoms with Crippen molar-refractivity contribution in [2.45, 2.75) is 6.92 Å². The maximum Gasteiger partial charge on any atom is 0.178 e. The normalized spacial score (nSPS) is 11.1. The second-order valence-corrected chi connectivity index (χ2v) is 6.24. The second-order valence-electron chi connectivity index (χ2n) is 4.96. The summed E-state index contributed by atoms with van der Waals surface area (Å²) < 4.78 is 0. The first-order chi connectivity index (χ1) is 10.3. The second kappa shape index (κ2) is 4.82. The molecule has 0 aliphatic rings. The molecule has 0 unspecified atom stereocenters. The highest BCUT2D eigenvalue weighted by Crippen LogP contribution is 2.28. The number of nitrogens with zero attached hydrogens (tertiary/aromatic N) is 2. The number of aromatic amines is 1. The average molecular weight is 291 g/mol. The molecule has 0 saturated carbocycles. The van der Waals surface area contributed by atoms with Crippen LogP contribution in [0.5, 0.6) is 0 Å². The van der Waals surface area contributed by atoms with E-state index in [2.05, 4.69) is 52.2 Å². The van der Waals surface area contributed by atoms with Gasteiger partial charge in [-0.15, -0.1) is 11.3 Å². The zero-order valence-corrected chi connectivity index (χ0v) is 12.3. The topological polar surface area (TPSA) is 41.6 Å². The molecule has 0 amide bonds. The quantitative estimate of drug-likeness (QED) is 0.583. The Hall–Kier alpha value is -2.46. The molecule has 3 nitrogen and oxygen atoms in total. The van der Waals surface area contributed by atoms with E-state index < -0.39 is 0 Å². The molecule has 0 radical (unpaired) electrons. The van der Waals surface area contributed by atoms with Crippen molar-refractivity contribution in [3.63, 3.8) is 0 Å². The zero-order chi connectivity index (χ0) is 14.2. The third-order valence-corrected chi connectivity index (χ3v) is 4.43. The first-order valence-electron chi connectivity index (χ1n) is 6.77. The highest BCUT2D eigenvalue weighted by Gasteiger charge is 2.09. The molecule has 3 heterocycles. The summed E-state index contributed by atoms with van der Waals surface area (Å²) in [5, 5.41) is 0. The Labute approximate surface area is 126 Å². The summed E-state index contributed by atoms with van der Waals surface area (Å²) in [6, 6.07) is 16.6. The van der Waals surface area contributed by atoms with E-state index in [0.29, 0.717) is 0 Å². The van der Waals surface area contributed by atoms with Crippen molar-refractivity contribution in [2.24, 2.45) is 0 Å². The van der Waals surface area contributed by atoms with Crippen LogP contribution in [0.2, 0.25) is 0 Å². The minimum atomic E-state index is 0.760. The molecular weight excluding hydrogens is 278 g/mol. The maximum absolute atomic E-state index is 4.57. The molecule has 4 aromatic rings. The van der Waals surface area contributed by atoms with Gasteiger partial charge in [0.15, 0.2) is 11.5 Å². The number of nitrogens with one attached hydrogen (secondary N) is 1. The number of thiophene rings is 1. The molecule has 0 fully saturated rings. The summed E-state index contributed by atoms with van der Waals surface area (Å²) in [5.74, 6) is 0.890. The monoisotopic (exact) mass is 291 g/mol. The van der Waals surface area contributed by atoms with Crippen molar-refractivity contribution in [1.82, 2.24) is 15.0 Å². The summed E-state index contributed by atoms with van der Waals surface area (Å²) >= 11 is 1.74. The number of rotatable bonds is 2. The van der Waals surface area contributed by atoms with Crippen LogP contribution in [0.15, 0.2) is 54.7 Å². The van der Waals surface area contributed by atoms with Crippen molar-refractivity contribution >= 4 is 22.5 Å². The van der Waals surface area contributed by atoms with Gasteiger partial charge in [-0.05, 0) is 30.7 Å². The molecule has 0 spiro atoms. The van der Waals surface area contributed by atoms with E-state index in [9.17, 15) is 0 Å². The fourth-order valence-corrected chi connectivity index (χ4v) is 3.18. The molecule has 4 rings (SSSR count). The van der Waals surface area contributed by atoms with Gasteiger partial charge in [-0.3, -0.25) is 0 Å². The predicted octanol–water partition coefficient (Wildman–Crippen LogP) is 4.66. The van der Waals surface area contributed by atoms with Gasteiger partial charge in [0.1, 0.15) is 0 Å². The fourth-order valence-electron chi connectivity index (χ4n) is 2.37. The van der Waals surface area contributed by atoms with Crippen LogP contribution in [-0.2, 0) is 0 Å². The highest BCUT2D eigenvalue weighted by molar-refractivity contribution is 7.15. The number of aromatic nitrogens is 3. The Morgan fingerprint density at radius 3 is 2.62 bits per heavy atom. The van der Waals surface area contributed by atoms with Gasteiger partial charge in [-0.1, -0.05) is 30.3 Å². The van der Waals surface area contributed by atoms with Gasteiger partial charge in [0.05, 0.1) is 10.4 Å². The van der Waals surface area contributed by atoms with E-state index in [1.54, 1.807) is 11.3 Å². The lowest BCUT2D eigenvalue weighted by Crippen LogP contribution is -1.81. The van der Waals surface area contributed by atoms with Crippen LogP contribution in [0, 0.1) is 6.92 Å². The number of benzene rings is 1. The number of fused-ring (bicyclic) bond motifs is 1. The van der Waals surface area contributed by atoms with Gasteiger partial charge in [0.25, 0.3) is 0 Å². The first-order valence-corrected chi connectivity index (χ1v) is 7.59. The molecular formula is C17H13N3S. The Balaban J connectivity index is 1.82. The lowest BCUT2D eigenvalue weighted by atomic mass is 10.1. The number of pyridine rings is 1. The smallest absolute Gasteiger partial charge is 0.178 e. The van der Waals surface area contributed by atoms with Crippen LogP contribution in [-0.4, -0.2) is 15.0 Å². The van der Waals surface area contributed by atoms with Gasteiger partial charge in [-0.2, -0.15) is 0 Å². The minimum absolute atomic E-state index is 0.760. The molecule has 4 heteroatoms. The Morgan fingerprint density at radius 1 is 1.00 bits per heavy atom. The number of H-pyrrole nitrogens is 1. The molecule has 0 atom stereocenters. The van der Waals surface area contributed by atoms with Crippen LogP contribution in [0.25, 0.3) is 33.0 Å². The van der Waals surface area contributed by atoms with Crippen LogP contribution in [0.4, 0.5) is 0 Å². The molecule has 3 aromatic heterocycles. The van der Waals surface area contributed by atoms with Crippen molar-refractivity contribution < 1.29 is 0 Å².